The molecule has 1 N–H and O–H groups in total. The molecule has 1 spiro atoms. The van der Waals surface area contributed by atoms with Gasteiger partial charge in [-0.05, 0) is 56.1 Å². The fourth-order valence-electron chi connectivity index (χ4n) is 6.48. The summed E-state index contributed by atoms with van der Waals surface area (Å²) in [5.41, 5.74) is 2.94. The van der Waals surface area contributed by atoms with Crippen LogP contribution in [0.25, 0.3) is 34.1 Å². The molecule has 3 aliphatic rings. The molecule has 0 unspecified atom stereocenters. The summed E-state index contributed by atoms with van der Waals surface area (Å²) in [7, 11) is 0. The number of H-pyrrole nitrogens is 1. The third-order valence-corrected chi connectivity index (χ3v) is 9.05. The van der Waals surface area contributed by atoms with Crippen LogP contribution in [-0.4, -0.2) is 55.0 Å². The molecule has 3 aromatic heterocycles. The minimum atomic E-state index is -0.656. The van der Waals surface area contributed by atoms with Gasteiger partial charge in [0.15, 0.2) is 5.65 Å². The highest BCUT2D eigenvalue weighted by molar-refractivity contribution is 6.30. The molecular weight excluding hydrogens is 518 g/mol. The number of ether oxygens (including phenoxy) is 1. The van der Waals surface area contributed by atoms with Crippen molar-refractivity contribution in [3.8, 4) is 23.0 Å². The van der Waals surface area contributed by atoms with Gasteiger partial charge in [0, 0.05) is 23.7 Å². The quantitative estimate of drug-likeness (QED) is 0.366. The molecule has 4 aromatic rings. The zero-order valence-electron chi connectivity index (χ0n) is 22.0. The normalized spacial score (nSPS) is 22.9. The van der Waals surface area contributed by atoms with Crippen LogP contribution in [-0.2, 0) is 11.3 Å². The Kier molecular flexibility index (Phi) is 6.19. The van der Waals surface area contributed by atoms with Crippen molar-refractivity contribution in [2.75, 3.05) is 24.7 Å². The van der Waals surface area contributed by atoms with Gasteiger partial charge in [-0.15, -0.1) is 5.10 Å². The second-order valence-electron chi connectivity index (χ2n) is 11.4. The molecule has 0 radical (unpaired) electrons. The van der Waals surface area contributed by atoms with E-state index in [-0.39, 0.29) is 17.3 Å². The van der Waals surface area contributed by atoms with Crippen molar-refractivity contribution in [3.63, 3.8) is 0 Å². The van der Waals surface area contributed by atoms with Crippen molar-refractivity contribution >= 4 is 28.7 Å². The lowest BCUT2D eigenvalue weighted by Gasteiger charge is -2.53. The first-order valence-electron chi connectivity index (χ1n) is 13.9. The molecular formula is C28H32ClN7O3. The molecule has 10 nitrogen and oxygen atoms in total. The zero-order valence-corrected chi connectivity index (χ0v) is 22.8. The molecule has 0 bridgehead atoms. The van der Waals surface area contributed by atoms with Crippen LogP contribution in [0.2, 0.25) is 5.02 Å². The number of anilines is 1. The number of hydrogen-bond acceptors (Lipinski definition) is 8. The van der Waals surface area contributed by atoms with Gasteiger partial charge in [-0.25, -0.2) is 19.9 Å². The highest BCUT2D eigenvalue weighted by Crippen LogP contribution is 2.44. The van der Waals surface area contributed by atoms with E-state index in [2.05, 4.69) is 26.6 Å². The van der Waals surface area contributed by atoms with Gasteiger partial charge in [-0.2, -0.15) is 4.98 Å². The van der Waals surface area contributed by atoms with E-state index in [4.69, 9.17) is 35.7 Å². The number of halogens is 1. The molecule has 4 heterocycles. The standard InChI is InChI=1S/C28H32ClN7O3/c1-17-6-8-18(9-7-17)15-35-22-21(19-4-2-5-20(29)14-19)30-24(25-33-34-27(37)39-25)31-23(22)32-26(35)36-12-13-38-16-28(36)10-3-11-28/h2,4-5,14,17-18H,3,6-13,15-16H2,1H3,(H,34,37)/t17-,18-. The van der Waals surface area contributed by atoms with Crippen LogP contribution in [0.4, 0.5) is 5.95 Å². The van der Waals surface area contributed by atoms with Crippen LogP contribution in [0.3, 0.4) is 0 Å². The first kappa shape index (κ1) is 24.8. The van der Waals surface area contributed by atoms with Gasteiger partial charge in [-0.1, -0.05) is 43.5 Å². The second kappa shape index (κ2) is 9.75. The number of nitrogens with zero attached hydrogens (tertiary/aromatic N) is 6. The van der Waals surface area contributed by atoms with Gasteiger partial charge >= 0.3 is 5.76 Å². The number of imidazole rings is 1. The number of benzene rings is 1. The number of rotatable bonds is 5. The topological polar surface area (TPSA) is 115 Å². The Labute approximate surface area is 230 Å². The molecule has 11 heteroatoms. The van der Waals surface area contributed by atoms with Gasteiger partial charge < -0.3 is 18.6 Å². The van der Waals surface area contributed by atoms with E-state index in [1.807, 2.05) is 24.3 Å². The molecule has 2 aliphatic carbocycles. The number of fused-ring (bicyclic) bond motifs is 1. The van der Waals surface area contributed by atoms with Gasteiger partial charge in [0.2, 0.25) is 11.8 Å². The van der Waals surface area contributed by atoms with E-state index in [0.717, 1.165) is 48.9 Å². The van der Waals surface area contributed by atoms with Gasteiger partial charge in [0.1, 0.15) is 11.2 Å². The Morgan fingerprint density at radius 1 is 1.15 bits per heavy atom. The molecule has 204 valence electrons. The summed E-state index contributed by atoms with van der Waals surface area (Å²) in [6, 6.07) is 7.64. The molecule has 3 fully saturated rings. The van der Waals surface area contributed by atoms with E-state index in [1.54, 1.807) is 0 Å². The molecule has 1 saturated heterocycles. The summed E-state index contributed by atoms with van der Waals surface area (Å²) < 4.78 is 13.6. The smallest absolute Gasteiger partial charge is 0.384 e. The molecule has 0 atom stereocenters. The maximum Gasteiger partial charge on any atom is 0.434 e. The monoisotopic (exact) mass is 549 g/mol. The van der Waals surface area contributed by atoms with Crippen molar-refractivity contribution in [1.29, 1.82) is 0 Å². The van der Waals surface area contributed by atoms with Gasteiger partial charge in [0.05, 0.1) is 18.8 Å². The SMILES string of the molecule is C[C@H]1CC[C@H](Cn2c(N3CCOCC34CCC4)nc3nc(-c4n[nH]c(=O)o4)nc(-c4cccc(Cl)c4)c32)CC1. The van der Waals surface area contributed by atoms with E-state index in [0.29, 0.717) is 35.5 Å². The number of aromatic nitrogens is 6. The van der Waals surface area contributed by atoms with Crippen molar-refractivity contribution in [2.24, 2.45) is 11.8 Å². The van der Waals surface area contributed by atoms with Crippen molar-refractivity contribution in [1.82, 2.24) is 29.7 Å². The summed E-state index contributed by atoms with van der Waals surface area (Å²) in [6.45, 7) is 5.37. The Bertz CT molecular complexity index is 1560. The van der Waals surface area contributed by atoms with E-state index in [1.165, 1.54) is 32.1 Å². The maximum absolute atomic E-state index is 11.8. The van der Waals surface area contributed by atoms with Crippen LogP contribution in [0, 0.1) is 11.8 Å². The number of hydrogen-bond donors (Lipinski definition) is 1. The lowest BCUT2D eigenvalue weighted by Crippen LogP contribution is -2.62. The maximum atomic E-state index is 11.8. The van der Waals surface area contributed by atoms with Crippen molar-refractivity contribution in [2.45, 2.75) is 64.0 Å². The fraction of sp³-hybridized carbons (Fsp3) is 0.536. The largest absolute Gasteiger partial charge is 0.434 e. The predicted octanol–water partition coefficient (Wildman–Crippen LogP) is 5.08. The molecule has 39 heavy (non-hydrogen) atoms. The van der Waals surface area contributed by atoms with Crippen LogP contribution < -0.4 is 10.7 Å². The summed E-state index contributed by atoms with van der Waals surface area (Å²) in [4.78, 5) is 29.1. The lowest BCUT2D eigenvalue weighted by atomic mass is 9.75. The number of nitrogens with one attached hydrogen (secondary N) is 1. The average molecular weight is 550 g/mol. The fourth-order valence-corrected chi connectivity index (χ4v) is 6.67. The molecule has 1 aromatic carbocycles. The zero-order chi connectivity index (χ0) is 26.6. The Balaban J connectivity index is 1.45. The van der Waals surface area contributed by atoms with Gasteiger partial charge in [0.25, 0.3) is 5.89 Å². The van der Waals surface area contributed by atoms with Crippen LogP contribution in [0.1, 0.15) is 51.9 Å². The highest BCUT2D eigenvalue weighted by atomic mass is 35.5. The summed E-state index contributed by atoms with van der Waals surface area (Å²) >= 11 is 6.44. The van der Waals surface area contributed by atoms with Gasteiger partial charge in [-0.3, -0.25) is 0 Å². The highest BCUT2D eigenvalue weighted by Gasteiger charge is 2.47. The lowest BCUT2D eigenvalue weighted by molar-refractivity contribution is 0.0118. The van der Waals surface area contributed by atoms with E-state index >= 15 is 0 Å². The minimum absolute atomic E-state index is 0.0279. The van der Waals surface area contributed by atoms with Crippen molar-refractivity contribution < 1.29 is 9.15 Å². The number of aromatic amines is 1. The van der Waals surface area contributed by atoms with Crippen LogP contribution in [0.5, 0.6) is 0 Å². The molecule has 2 saturated carbocycles. The Morgan fingerprint density at radius 2 is 2.00 bits per heavy atom. The Hall–Kier alpha value is -3.24. The predicted molar refractivity (Wildman–Crippen MR) is 148 cm³/mol. The summed E-state index contributed by atoms with van der Waals surface area (Å²) in [5, 5.41) is 6.92. The molecule has 0 amide bonds. The number of morpholine rings is 1. The minimum Gasteiger partial charge on any atom is -0.384 e. The third-order valence-electron chi connectivity index (χ3n) is 8.81. The second-order valence-corrected chi connectivity index (χ2v) is 11.9. The summed E-state index contributed by atoms with van der Waals surface area (Å²) in [5.74, 6) is 1.82. The van der Waals surface area contributed by atoms with E-state index in [9.17, 15) is 4.79 Å². The summed E-state index contributed by atoms with van der Waals surface area (Å²) in [6.07, 6.45) is 8.25. The van der Waals surface area contributed by atoms with E-state index < -0.39 is 5.76 Å². The average Bonchev–Trinajstić information content (AvgIpc) is 3.52. The van der Waals surface area contributed by atoms with Crippen LogP contribution in [0.15, 0.2) is 33.5 Å². The molecule has 7 rings (SSSR count). The molecule has 1 aliphatic heterocycles. The van der Waals surface area contributed by atoms with Crippen LogP contribution >= 0.6 is 11.6 Å². The van der Waals surface area contributed by atoms with Crippen molar-refractivity contribution in [3.05, 3.63) is 39.8 Å². The third kappa shape index (κ3) is 4.43. The first-order chi connectivity index (χ1) is 19.0. The first-order valence-corrected chi connectivity index (χ1v) is 14.3. The Morgan fingerprint density at radius 3 is 2.72 bits per heavy atom.